The minimum atomic E-state index is -0.248. The molecule has 0 unspecified atom stereocenters. The lowest BCUT2D eigenvalue weighted by Gasteiger charge is -2.28. The molecule has 2 rings (SSSR count). The minimum absolute atomic E-state index is 0.123. The van der Waals surface area contributed by atoms with Gasteiger partial charge in [-0.05, 0) is 42.7 Å². The maximum Gasteiger partial charge on any atom is 0.250 e. The molecule has 78 valence electrons. The van der Waals surface area contributed by atoms with Gasteiger partial charge in [0.2, 0.25) is 5.91 Å². The van der Waals surface area contributed by atoms with Gasteiger partial charge in [-0.1, -0.05) is 6.58 Å². The Bertz CT molecular complexity index is 414. The molecular formula is C12H12FNO. The third kappa shape index (κ3) is 1.77. The van der Waals surface area contributed by atoms with E-state index >= 15 is 0 Å². The summed E-state index contributed by atoms with van der Waals surface area (Å²) < 4.78 is 13.0. The van der Waals surface area contributed by atoms with Crippen LogP contribution in [0.5, 0.6) is 0 Å². The van der Waals surface area contributed by atoms with Crippen LogP contribution in [0, 0.1) is 5.82 Å². The molecule has 0 bridgehead atoms. The van der Waals surface area contributed by atoms with Crippen LogP contribution in [0.4, 0.5) is 10.1 Å². The highest BCUT2D eigenvalue weighted by atomic mass is 19.1. The van der Waals surface area contributed by atoms with E-state index in [4.69, 9.17) is 0 Å². The molecule has 1 aliphatic heterocycles. The molecule has 0 N–H and O–H groups in total. The molecule has 0 aromatic heterocycles. The zero-order chi connectivity index (χ0) is 10.8. The van der Waals surface area contributed by atoms with Gasteiger partial charge in [-0.15, -0.1) is 0 Å². The van der Waals surface area contributed by atoms with Crippen molar-refractivity contribution in [2.24, 2.45) is 0 Å². The van der Waals surface area contributed by atoms with Crippen LogP contribution in [0.15, 0.2) is 30.9 Å². The normalized spacial score (nSPS) is 14.6. The first-order valence-corrected chi connectivity index (χ1v) is 4.95. The van der Waals surface area contributed by atoms with E-state index in [0.29, 0.717) is 6.54 Å². The predicted octanol–water partition coefficient (Wildman–Crippen LogP) is 2.29. The van der Waals surface area contributed by atoms with Crippen molar-refractivity contribution in [2.45, 2.75) is 12.8 Å². The number of carbonyl (C=O) groups excluding carboxylic acids is 1. The van der Waals surface area contributed by atoms with Crippen molar-refractivity contribution in [1.29, 1.82) is 0 Å². The van der Waals surface area contributed by atoms with E-state index in [0.717, 1.165) is 24.1 Å². The molecule has 1 aliphatic rings. The molecule has 0 saturated heterocycles. The van der Waals surface area contributed by atoms with Gasteiger partial charge >= 0.3 is 0 Å². The van der Waals surface area contributed by atoms with Crippen molar-refractivity contribution in [3.05, 3.63) is 42.2 Å². The highest BCUT2D eigenvalue weighted by Crippen LogP contribution is 2.27. The first-order valence-electron chi connectivity index (χ1n) is 4.95. The zero-order valence-corrected chi connectivity index (χ0v) is 8.37. The predicted molar refractivity (Wildman–Crippen MR) is 57.3 cm³/mol. The number of fused-ring (bicyclic) bond motifs is 1. The smallest absolute Gasteiger partial charge is 0.250 e. The molecule has 1 amide bonds. The Balaban J connectivity index is 2.42. The highest BCUT2D eigenvalue weighted by molar-refractivity contribution is 6.01. The molecule has 15 heavy (non-hydrogen) atoms. The number of rotatable bonds is 1. The maximum absolute atomic E-state index is 13.0. The Kier molecular flexibility index (Phi) is 2.54. The molecule has 0 aliphatic carbocycles. The molecule has 3 heteroatoms. The van der Waals surface area contributed by atoms with Crippen molar-refractivity contribution >= 4 is 11.6 Å². The fraction of sp³-hybridized carbons (Fsp3) is 0.250. The fourth-order valence-electron chi connectivity index (χ4n) is 1.90. The van der Waals surface area contributed by atoms with Gasteiger partial charge in [0.25, 0.3) is 0 Å². The molecule has 0 saturated carbocycles. The number of amides is 1. The molecule has 0 fully saturated rings. The minimum Gasteiger partial charge on any atom is -0.309 e. The van der Waals surface area contributed by atoms with E-state index in [1.807, 2.05) is 0 Å². The van der Waals surface area contributed by atoms with Crippen molar-refractivity contribution < 1.29 is 9.18 Å². The van der Waals surface area contributed by atoms with Crippen LogP contribution >= 0.6 is 0 Å². The zero-order valence-electron chi connectivity index (χ0n) is 8.37. The van der Waals surface area contributed by atoms with Crippen LogP contribution in [0.3, 0.4) is 0 Å². The molecule has 0 radical (unpaired) electrons. The second kappa shape index (κ2) is 3.85. The summed E-state index contributed by atoms with van der Waals surface area (Å²) in [6.45, 7) is 4.15. The summed E-state index contributed by atoms with van der Waals surface area (Å²) in [4.78, 5) is 13.2. The number of nitrogens with zero attached hydrogens (tertiary/aromatic N) is 1. The summed E-state index contributed by atoms with van der Waals surface area (Å²) >= 11 is 0. The Morgan fingerprint density at radius 2 is 2.33 bits per heavy atom. The molecule has 1 aromatic carbocycles. The third-order valence-corrected chi connectivity index (χ3v) is 2.60. The largest absolute Gasteiger partial charge is 0.309 e. The lowest BCUT2D eigenvalue weighted by Crippen LogP contribution is -2.34. The Labute approximate surface area is 88.0 Å². The number of aryl methyl sites for hydroxylation is 1. The second-order valence-electron chi connectivity index (χ2n) is 3.57. The molecule has 1 heterocycles. The Morgan fingerprint density at radius 3 is 3.07 bits per heavy atom. The van der Waals surface area contributed by atoms with Gasteiger partial charge < -0.3 is 4.90 Å². The monoisotopic (exact) mass is 205 g/mol. The lowest BCUT2D eigenvalue weighted by molar-refractivity contribution is -0.114. The molecule has 1 aromatic rings. The van der Waals surface area contributed by atoms with E-state index in [1.54, 1.807) is 11.0 Å². The van der Waals surface area contributed by atoms with Crippen LogP contribution in [0.2, 0.25) is 0 Å². The first-order chi connectivity index (χ1) is 7.22. The van der Waals surface area contributed by atoms with Crippen LogP contribution in [0.1, 0.15) is 12.0 Å². The van der Waals surface area contributed by atoms with Gasteiger partial charge in [-0.2, -0.15) is 0 Å². The molecule has 2 nitrogen and oxygen atoms in total. The van der Waals surface area contributed by atoms with Gasteiger partial charge in [-0.3, -0.25) is 4.79 Å². The third-order valence-electron chi connectivity index (χ3n) is 2.60. The SMILES string of the molecule is C=CC(=O)N1CCCc2cc(F)ccc21. The quantitative estimate of drug-likeness (QED) is 0.644. The number of hydrogen-bond donors (Lipinski definition) is 0. The van der Waals surface area contributed by atoms with Crippen LogP contribution in [-0.2, 0) is 11.2 Å². The van der Waals surface area contributed by atoms with Crippen molar-refractivity contribution in [2.75, 3.05) is 11.4 Å². The van der Waals surface area contributed by atoms with E-state index in [9.17, 15) is 9.18 Å². The van der Waals surface area contributed by atoms with Crippen molar-refractivity contribution in [1.82, 2.24) is 0 Å². The number of benzene rings is 1. The van der Waals surface area contributed by atoms with E-state index in [-0.39, 0.29) is 11.7 Å². The topological polar surface area (TPSA) is 20.3 Å². The van der Waals surface area contributed by atoms with Crippen LogP contribution in [-0.4, -0.2) is 12.5 Å². The van der Waals surface area contributed by atoms with Crippen LogP contribution in [0.25, 0.3) is 0 Å². The van der Waals surface area contributed by atoms with Gasteiger partial charge in [0.15, 0.2) is 0 Å². The van der Waals surface area contributed by atoms with Crippen LogP contribution < -0.4 is 4.90 Å². The summed E-state index contributed by atoms with van der Waals surface area (Å²) in [5.41, 5.74) is 1.71. The van der Waals surface area contributed by atoms with Gasteiger partial charge in [-0.25, -0.2) is 4.39 Å². The lowest BCUT2D eigenvalue weighted by atomic mass is 10.0. The average molecular weight is 205 g/mol. The summed E-state index contributed by atoms with van der Waals surface area (Å²) in [5.74, 6) is -0.371. The summed E-state index contributed by atoms with van der Waals surface area (Å²) in [7, 11) is 0. The fourth-order valence-corrected chi connectivity index (χ4v) is 1.90. The Hall–Kier alpha value is -1.64. The van der Waals surface area contributed by atoms with E-state index in [1.165, 1.54) is 18.2 Å². The number of hydrogen-bond acceptors (Lipinski definition) is 1. The first kappa shape index (κ1) is 9.90. The molecule has 0 spiro atoms. The highest BCUT2D eigenvalue weighted by Gasteiger charge is 2.20. The standard InChI is InChI=1S/C12H12FNO/c1-2-12(15)14-7-3-4-9-8-10(13)5-6-11(9)14/h2,5-6,8H,1,3-4,7H2. The molecule has 0 atom stereocenters. The van der Waals surface area contributed by atoms with Crippen molar-refractivity contribution in [3.8, 4) is 0 Å². The van der Waals surface area contributed by atoms with Gasteiger partial charge in [0.1, 0.15) is 5.82 Å². The maximum atomic E-state index is 13.0. The summed E-state index contributed by atoms with van der Waals surface area (Å²) in [5, 5.41) is 0. The number of anilines is 1. The van der Waals surface area contributed by atoms with Gasteiger partial charge in [0, 0.05) is 12.2 Å². The number of carbonyl (C=O) groups is 1. The second-order valence-corrected chi connectivity index (χ2v) is 3.57. The van der Waals surface area contributed by atoms with E-state index < -0.39 is 0 Å². The molecular weight excluding hydrogens is 193 g/mol. The van der Waals surface area contributed by atoms with Crippen molar-refractivity contribution in [3.63, 3.8) is 0 Å². The van der Waals surface area contributed by atoms with Gasteiger partial charge in [0.05, 0.1) is 0 Å². The number of halogens is 1. The summed E-state index contributed by atoms with van der Waals surface area (Å²) in [6.07, 6.45) is 2.99. The average Bonchev–Trinajstić information content (AvgIpc) is 2.26. The van der Waals surface area contributed by atoms with E-state index in [2.05, 4.69) is 6.58 Å². The Morgan fingerprint density at radius 1 is 1.53 bits per heavy atom. The summed E-state index contributed by atoms with van der Waals surface area (Å²) in [6, 6.07) is 4.54.